The minimum atomic E-state index is 0.899. The van der Waals surface area contributed by atoms with E-state index in [-0.39, 0.29) is 0 Å². The average Bonchev–Trinajstić information content (AvgIpc) is 3.82. The Balaban J connectivity index is 1.27. The monoisotopic (exact) mass is 675 g/mol. The third kappa shape index (κ3) is 4.44. The van der Waals surface area contributed by atoms with Crippen molar-refractivity contribution >= 4 is 72.0 Å². The Morgan fingerprint density at radius 2 is 1.00 bits per heavy atom. The molecule has 0 saturated heterocycles. The van der Waals surface area contributed by atoms with Crippen LogP contribution in [0.5, 0.6) is 0 Å². The average molecular weight is 676 g/mol. The van der Waals surface area contributed by atoms with Gasteiger partial charge in [-0.25, -0.2) is 4.99 Å². The molecule has 53 heavy (non-hydrogen) atoms. The Hall–Kier alpha value is -6.97. The quantitative estimate of drug-likeness (QED) is 0.177. The fourth-order valence-electron chi connectivity index (χ4n) is 8.56. The Bertz CT molecular complexity index is 3250. The minimum Gasteiger partial charge on any atom is -0.309 e. The molecule has 3 aromatic heterocycles. The molecule has 3 heterocycles. The van der Waals surface area contributed by atoms with Gasteiger partial charge in [-0.05, 0) is 88.0 Å². The van der Waals surface area contributed by atoms with E-state index in [1.807, 2.05) is 0 Å². The van der Waals surface area contributed by atoms with E-state index >= 15 is 0 Å². The topological polar surface area (TPSA) is 21.7 Å². The van der Waals surface area contributed by atoms with Gasteiger partial charge in [-0.3, -0.25) is 0 Å². The molecule has 3 heteroatoms. The molecule has 0 unspecified atom stereocenters. The molecule has 3 nitrogen and oxygen atoms in total. The molecule has 8 aromatic carbocycles. The van der Waals surface area contributed by atoms with Crippen LogP contribution in [-0.2, 0) is 0 Å². The zero-order valence-electron chi connectivity index (χ0n) is 29.2. The van der Waals surface area contributed by atoms with Crippen LogP contribution in [0.3, 0.4) is 0 Å². The molecule has 0 saturated carbocycles. The summed E-state index contributed by atoms with van der Waals surface area (Å²) in [5.74, 6) is 0. The molecule has 0 aliphatic carbocycles. The highest BCUT2D eigenvalue weighted by atomic mass is 15.0. The predicted molar refractivity (Wildman–Crippen MR) is 223 cm³/mol. The van der Waals surface area contributed by atoms with Gasteiger partial charge in [-0.2, -0.15) is 0 Å². The van der Waals surface area contributed by atoms with Gasteiger partial charge >= 0.3 is 0 Å². The summed E-state index contributed by atoms with van der Waals surface area (Å²) in [6, 6.07) is 61.5. The van der Waals surface area contributed by atoms with E-state index < -0.39 is 0 Å². The summed E-state index contributed by atoms with van der Waals surface area (Å²) in [5, 5.41) is 10.2. The summed E-state index contributed by atoms with van der Waals surface area (Å²) in [5.41, 5.74) is 12.6. The molecule has 0 radical (unpaired) electrons. The van der Waals surface area contributed by atoms with E-state index in [0.717, 1.165) is 44.1 Å². The summed E-state index contributed by atoms with van der Waals surface area (Å²) >= 11 is 0. The number of benzene rings is 8. The van der Waals surface area contributed by atoms with Crippen LogP contribution in [0.2, 0.25) is 0 Å². The number of fused-ring (bicyclic) bond motifs is 7. The molecule has 0 spiro atoms. The lowest BCUT2D eigenvalue weighted by atomic mass is 10.0. The number of aryl methyl sites for hydroxylation is 1. The van der Waals surface area contributed by atoms with Gasteiger partial charge in [0.15, 0.2) is 0 Å². The first kappa shape index (κ1) is 29.7. The first-order valence-electron chi connectivity index (χ1n) is 18.2. The standard InChI is InChI=1S/C50H33N3/c1-31-25-35-17-9-10-18-36(35)26-45(31)51-49-32(2)52-46-20-12-11-19-40(46)43-29-39(30-44(49)50(43)52)53-47-27-37(33-13-5-3-6-14-33)21-23-41(47)42-24-22-38(28-48(42)53)34-15-7-4-8-16-34/h3-30H,2H2,1H3. The Labute approximate surface area is 306 Å². The van der Waals surface area contributed by atoms with Crippen molar-refractivity contribution in [2.24, 2.45) is 4.99 Å². The first-order valence-corrected chi connectivity index (χ1v) is 18.2. The number of rotatable bonds is 4. The number of aromatic nitrogens is 2. The van der Waals surface area contributed by atoms with Crippen molar-refractivity contribution in [2.45, 2.75) is 6.92 Å². The molecule has 0 amide bonds. The first-order chi connectivity index (χ1) is 26.1. The smallest absolute Gasteiger partial charge is 0.0965 e. The molecule has 11 aromatic rings. The van der Waals surface area contributed by atoms with Gasteiger partial charge < -0.3 is 8.97 Å². The van der Waals surface area contributed by atoms with Crippen LogP contribution in [0.15, 0.2) is 175 Å². The van der Waals surface area contributed by atoms with Gasteiger partial charge in [0, 0.05) is 32.6 Å². The van der Waals surface area contributed by atoms with Gasteiger partial charge in [0.05, 0.1) is 38.5 Å². The summed E-state index contributed by atoms with van der Waals surface area (Å²) in [4.78, 5) is 5.45. The van der Waals surface area contributed by atoms with Crippen molar-refractivity contribution < 1.29 is 0 Å². The fourth-order valence-corrected chi connectivity index (χ4v) is 8.56. The summed E-state index contributed by atoms with van der Waals surface area (Å²) < 4.78 is 4.78. The van der Waals surface area contributed by atoms with Crippen LogP contribution in [-0.4, -0.2) is 8.97 Å². The minimum absolute atomic E-state index is 0.899. The lowest BCUT2D eigenvalue weighted by molar-refractivity contribution is 1.19. The van der Waals surface area contributed by atoms with Crippen molar-refractivity contribution in [3.05, 3.63) is 186 Å². The highest BCUT2D eigenvalue weighted by Gasteiger charge is 2.21. The largest absolute Gasteiger partial charge is 0.309 e. The zero-order valence-corrected chi connectivity index (χ0v) is 29.2. The summed E-state index contributed by atoms with van der Waals surface area (Å²) in [7, 11) is 0. The fraction of sp³-hybridized carbons (Fsp3) is 0.0200. The van der Waals surface area contributed by atoms with Gasteiger partial charge in [0.1, 0.15) is 0 Å². The normalized spacial score (nSPS) is 12.4. The Morgan fingerprint density at radius 1 is 0.453 bits per heavy atom. The highest BCUT2D eigenvalue weighted by molar-refractivity contribution is 6.16. The van der Waals surface area contributed by atoms with Gasteiger partial charge in [0.25, 0.3) is 0 Å². The number of nitrogens with zero attached hydrogens (tertiary/aromatic N) is 3. The highest BCUT2D eigenvalue weighted by Crippen LogP contribution is 2.39. The van der Waals surface area contributed by atoms with Gasteiger partial charge in [-0.15, -0.1) is 0 Å². The number of hydrogen-bond acceptors (Lipinski definition) is 1. The maximum Gasteiger partial charge on any atom is 0.0965 e. The molecule has 0 atom stereocenters. The van der Waals surface area contributed by atoms with E-state index in [0.29, 0.717) is 0 Å². The van der Waals surface area contributed by atoms with Crippen molar-refractivity contribution in [1.82, 2.24) is 8.97 Å². The molecule has 11 rings (SSSR count). The van der Waals surface area contributed by atoms with E-state index in [9.17, 15) is 0 Å². The van der Waals surface area contributed by atoms with Crippen LogP contribution in [0, 0.1) is 6.92 Å². The van der Waals surface area contributed by atoms with Crippen LogP contribution in [0.25, 0.3) is 94.3 Å². The molecule has 0 N–H and O–H groups in total. The van der Waals surface area contributed by atoms with Crippen molar-refractivity contribution in [1.29, 1.82) is 0 Å². The van der Waals surface area contributed by atoms with Crippen molar-refractivity contribution in [3.8, 4) is 27.9 Å². The molecule has 0 aliphatic rings. The molecule has 0 fully saturated rings. The van der Waals surface area contributed by atoms with E-state index in [1.165, 1.54) is 65.6 Å². The van der Waals surface area contributed by atoms with Crippen LogP contribution in [0.4, 0.5) is 5.69 Å². The van der Waals surface area contributed by atoms with Gasteiger partial charge in [-0.1, -0.05) is 134 Å². The van der Waals surface area contributed by atoms with Crippen molar-refractivity contribution in [3.63, 3.8) is 0 Å². The number of para-hydroxylation sites is 1. The van der Waals surface area contributed by atoms with Gasteiger partial charge in [0.2, 0.25) is 0 Å². The lowest BCUT2D eigenvalue weighted by Crippen LogP contribution is -2.24. The second-order valence-corrected chi connectivity index (χ2v) is 14.2. The third-order valence-corrected chi connectivity index (χ3v) is 11.1. The summed E-state index contributed by atoms with van der Waals surface area (Å²) in [6.45, 7) is 6.84. The lowest BCUT2D eigenvalue weighted by Gasteiger charge is -2.11. The predicted octanol–water partition coefficient (Wildman–Crippen LogP) is 11.9. The van der Waals surface area contributed by atoms with Crippen molar-refractivity contribution in [2.75, 3.05) is 0 Å². The van der Waals surface area contributed by atoms with E-state index in [1.54, 1.807) is 0 Å². The molecule has 0 aliphatic heterocycles. The van der Waals surface area contributed by atoms with Crippen LogP contribution >= 0.6 is 0 Å². The summed E-state index contributed by atoms with van der Waals surface area (Å²) in [6.07, 6.45) is 0. The maximum atomic E-state index is 5.45. The Kier molecular flexibility index (Phi) is 6.32. The molecular weight excluding hydrogens is 643 g/mol. The second-order valence-electron chi connectivity index (χ2n) is 14.2. The maximum absolute atomic E-state index is 5.45. The van der Waals surface area contributed by atoms with Crippen LogP contribution < -0.4 is 10.7 Å². The third-order valence-electron chi connectivity index (χ3n) is 11.1. The van der Waals surface area contributed by atoms with Crippen LogP contribution in [0.1, 0.15) is 5.56 Å². The second kappa shape index (κ2) is 11.3. The SMILES string of the molecule is C=c1c(=Nc2cc3ccccc3cc2C)c2cc(-n3c4cc(-c5ccccc5)ccc4c4ccc(-c5ccccc5)cc43)cc3c4ccccc4n1c23. The molecule has 0 bridgehead atoms. The molecular formula is C50H33N3. The Morgan fingerprint density at radius 3 is 1.66 bits per heavy atom. The van der Waals surface area contributed by atoms with E-state index in [4.69, 9.17) is 11.6 Å². The zero-order chi connectivity index (χ0) is 35.2. The van der Waals surface area contributed by atoms with E-state index in [2.05, 4.69) is 186 Å². The molecule has 248 valence electrons. The number of hydrogen-bond donors (Lipinski definition) is 0.